The molecule has 2 aromatic carbocycles. The molecule has 0 atom stereocenters. The lowest BCUT2D eigenvalue weighted by Gasteiger charge is -2.14. The highest BCUT2D eigenvalue weighted by atomic mass is 35.5. The minimum Gasteiger partial charge on any atom is -0.324 e. The average molecular weight is 381 g/mol. The molecular weight excluding hydrogens is 360 g/mol. The third-order valence-electron chi connectivity index (χ3n) is 4.25. The summed E-state index contributed by atoms with van der Waals surface area (Å²) in [6.45, 7) is 4.15. The highest BCUT2D eigenvalue weighted by Crippen LogP contribution is 2.23. The van der Waals surface area contributed by atoms with Gasteiger partial charge in [0.25, 0.3) is 5.91 Å². The van der Waals surface area contributed by atoms with Gasteiger partial charge in [0, 0.05) is 28.8 Å². The van der Waals surface area contributed by atoms with Crippen molar-refractivity contribution >= 4 is 34.8 Å². The van der Waals surface area contributed by atoms with Crippen LogP contribution in [0, 0.1) is 0 Å². The fraction of sp³-hybridized carbons (Fsp3) is 0.190. The Balaban J connectivity index is 1.74. The number of para-hydroxylation sites is 1. The molecule has 138 valence electrons. The predicted octanol–water partition coefficient (Wildman–Crippen LogP) is 5.25. The second-order valence-corrected chi connectivity index (χ2v) is 6.48. The van der Waals surface area contributed by atoms with E-state index in [4.69, 9.17) is 11.6 Å². The summed E-state index contributed by atoms with van der Waals surface area (Å²) in [7, 11) is 0. The first-order valence-electron chi connectivity index (χ1n) is 8.87. The molecule has 0 saturated heterocycles. The van der Waals surface area contributed by atoms with E-state index >= 15 is 0 Å². The number of anilines is 3. The van der Waals surface area contributed by atoms with E-state index in [9.17, 15) is 4.79 Å². The summed E-state index contributed by atoms with van der Waals surface area (Å²) in [6.07, 6.45) is 4.73. The van der Waals surface area contributed by atoms with Crippen LogP contribution >= 0.6 is 11.6 Å². The average Bonchev–Trinajstić information content (AvgIpc) is 2.70. The van der Waals surface area contributed by atoms with Crippen molar-refractivity contribution in [2.45, 2.75) is 26.7 Å². The Labute approximate surface area is 163 Å². The first kappa shape index (κ1) is 18.9. The van der Waals surface area contributed by atoms with Crippen LogP contribution in [0.5, 0.6) is 0 Å². The van der Waals surface area contributed by atoms with Crippen molar-refractivity contribution in [2.24, 2.45) is 0 Å². The molecule has 3 rings (SSSR count). The first-order valence-corrected chi connectivity index (χ1v) is 9.25. The molecular formula is C21H21ClN4O. The number of aryl methyl sites for hydroxylation is 2. The lowest BCUT2D eigenvalue weighted by Crippen LogP contribution is -2.15. The molecule has 3 aromatic rings. The monoisotopic (exact) mass is 380 g/mol. The van der Waals surface area contributed by atoms with Crippen molar-refractivity contribution in [3.05, 3.63) is 76.6 Å². The fourth-order valence-corrected chi connectivity index (χ4v) is 2.89. The van der Waals surface area contributed by atoms with Crippen LogP contribution < -0.4 is 10.6 Å². The van der Waals surface area contributed by atoms with Gasteiger partial charge < -0.3 is 10.6 Å². The molecule has 5 nitrogen and oxygen atoms in total. The smallest absolute Gasteiger partial charge is 0.258 e. The number of nitrogens with zero attached hydrogens (tertiary/aromatic N) is 2. The molecule has 0 fully saturated rings. The maximum absolute atomic E-state index is 12.6. The molecule has 0 aliphatic rings. The van der Waals surface area contributed by atoms with Crippen LogP contribution in [-0.4, -0.2) is 15.9 Å². The number of nitrogens with one attached hydrogen (secondary N) is 2. The van der Waals surface area contributed by atoms with E-state index in [-0.39, 0.29) is 5.91 Å². The van der Waals surface area contributed by atoms with Gasteiger partial charge in [0.1, 0.15) is 0 Å². The highest BCUT2D eigenvalue weighted by molar-refractivity contribution is 6.30. The van der Waals surface area contributed by atoms with E-state index in [2.05, 4.69) is 34.4 Å². The Hall–Kier alpha value is -2.92. The van der Waals surface area contributed by atoms with Gasteiger partial charge in [0.05, 0.1) is 5.56 Å². The van der Waals surface area contributed by atoms with Crippen molar-refractivity contribution in [1.29, 1.82) is 0 Å². The molecule has 0 aliphatic heterocycles. The minimum absolute atomic E-state index is 0.219. The van der Waals surface area contributed by atoms with E-state index in [1.54, 1.807) is 12.1 Å². The molecule has 0 bridgehead atoms. The van der Waals surface area contributed by atoms with Gasteiger partial charge in [0.15, 0.2) is 0 Å². The Morgan fingerprint density at radius 1 is 0.963 bits per heavy atom. The summed E-state index contributed by atoms with van der Waals surface area (Å²) < 4.78 is 0. The van der Waals surface area contributed by atoms with E-state index < -0.39 is 0 Å². The number of rotatable bonds is 6. The van der Waals surface area contributed by atoms with Gasteiger partial charge in [-0.2, -0.15) is 0 Å². The van der Waals surface area contributed by atoms with Crippen LogP contribution in [-0.2, 0) is 12.8 Å². The largest absolute Gasteiger partial charge is 0.324 e. The fourth-order valence-electron chi connectivity index (χ4n) is 2.76. The quantitative estimate of drug-likeness (QED) is 0.612. The molecule has 2 N–H and O–H groups in total. The van der Waals surface area contributed by atoms with Crippen molar-refractivity contribution in [3.8, 4) is 0 Å². The topological polar surface area (TPSA) is 66.9 Å². The van der Waals surface area contributed by atoms with Crippen molar-refractivity contribution < 1.29 is 4.79 Å². The SMILES string of the molecule is CCc1cccc(CC)c1NC(=O)c1cnc(Nc2ccc(Cl)cc2)nc1. The number of benzene rings is 2. The van der Waals surface area contributed by atoms with Gasteiger partial charge in [-0.05, 0) is 48.2 Å². The number of hydrogen-bond donors (Lipinski definition) is 2. The second kappa shape index (κ2) is 8.64. The lowest BCUT2D eigenvalue weighted by molar-refractivity contribution is 0.102. The molecule has 1 aromatic heterocycles. The molecule has 0 saturated carbocycles. The lowest BCUT2D eigenvalue weighted by atomic mass is 10.0. The van der Waals surface area contributed by atoms with Gasteiger partial charge in [-0.15, -0.1) is 0 Å². The van der Waals surface area contributed by atoms with Gasteiger partial charge in [-0.3, -0.25) is 4.79 Å². The van der Waals surface area contributed by atoms with Gasteiger partial charge in [0.2, 0.25) is 5.95 Å². The van der Waals surface area contributed by atoms with Crippen molar-refractivity contribution in [1.82, 2.24) is 9.97 Å². The van der Waals surface area contributed by atoms with Crippen molar-refractivity contribution in [3.63, 3.8) is 0 Å². The summed E-state index contributed by atoms with van der Waals surface area (Å²) in [5, 5.41) is 6.75. The highest BCUT2D eigenvalue weighted by Gasteiger charge is 2.12. The molecule has 0 aliphatic carbocycles. The van der Waals surface area contributed by atoms with Crippen LogP contribution in [0.3, 0.4) is 0 Å². The Kier molecular flexibility index (Phi) is 6.04. The molecule has 0 unspecified atom stereocenters. The van der Waals surface area contributed by atoms with E-state index in [1.165, 1.54) is 12.4 Å². The summed E-state index contributed by atoms with van der Waals surface area (Å²) in [5.74, 6) is 0.195. The second-order valence-electron chi connectivity index (χ2n) is 6.04. The Bertz CT molecular complexity index is 902. The zero-order chi connectivity index (χ0) is 19.2. The van der Waals surface area contributed by atoms with Crippen LogP contribution in [0.2, 0.25) is 5.02 Å². The van der Waals surface area contributed by atoms with Crippen LogP contribution in [0.15, 0.2) is 54.9 Å². The summed E-state index contributed by atoms with van der Waals surface area (Å²) >= 11 is 5.88. The molecule has 0 spiro atoms. The van der Waals surface area contributed by atoms with Crippen molar-refractivity contribution in [2.75, 3.05) is 10.6 Å². The zero-order valence-corrected chi connectivity index (χ0v) is 16.0. The molecule has 6 heteroatoms. The summed E-state index contributed by atoms with van der Waals surface area (Å²) in [5.41, 5.74) is 4.34. The van der Waals surface area contributed by atoms with E-state index in [1.807, 2.05) is 30.3 Å². The third-order valence-corrected chi connectivity index (χ3v) is 4.50. The molecule has 0 radical (unpaired) electrons. The summed E-state index contributed by atoms with van der Waals surface area (Å²) in [6, 6.07) is 13.3. The number of amides is 1. The third kappa shape index (κ3) is 4.63. The standard InChI is InChI=1S/C21H21ClN4O/c1-3-14-6-5-7-15(4-2)19(14)26-20(27)16-12-23-21(24-13-16)25-18-10-8-17(22)9-11-18/h5-13H,3-4H2,1-2H3,(H,26,27)(H,23,24,25). The van der Waals surface area contributed by atoms with Crippen LogP contribution in [0.25, 0.3) is 0 Å². The van der Waals surface area contributed by atoms with E-state index in [0.717, 1.165) is 35.3 Å². The summed E-state index contributed by atoms with van der Waals surface area (Å²) in [4.78, 5) is 21.1. The maximum Gasteiger partial charge on any atom is 0.258 e. The number of hydrogen-bond acceptors (Lipinski definition) is 4. The zero-order valence-electron chi connectivity index (χ0n) is 15.3. The maximum atomic E-state index is 12.6. The van der Waals surface area contributed by atoms with Gasteiger partial charge in [-0.25, -0.2) is 9.97 Å². The van der Waals surface area contributed by atoms with Crippen LogP contribution in [0.4, 0.5) is 17.3 Å². The first-order chi connectivity index (χ1) is 13.1. The van der Waals surface area contributed by atoms with Crippen LogP contribution in [0.1, 0.15) is 35.3 Å². The number of halogens is 1. The molecule has 1 amide bonds. The molecule has 27 heavy (non-hydrogen) atoms. The normalized spacial score (nSPS) is 10.5. The van der Waals surface area contributed by atoms with E-state index in [0.29, 0.717) is 16.5 Å². The Morgan fingerprint density at radius 2 is 1.56 bits per heavy atom. The number of carbonyl (C=O) groups is 1. The molecule has 1 heterocycles. The number of carbonyl (C=O) groups excluding carboxylic acids is 1. The van der Waals surface area contributed by atoms with Gasteiger partial charge >= 0.3 is 0 Å². The predicted molar refractivity (Wildman–Crippen MR) is 110 cm³/mol. The number of aromatic nitrogens is 2. The minimum atomic E-state index is -0.219. The van der Waals surface area contributed by atoms with Gasteiger partial charge in [-0.1, -0.05) is 43.6 Å². The Morgan fingerprint density at radius 3 is 2.11 bits per heavy atom.